The van der Waals surface area contributed by atoms with Crippen LogP contribution in [-0.4, -0.2) is 24.8 Å². The fourth-order valence-corrected chi connectivity index (χ4v) is 1.44. The van der Waals surface area contributed by atoms with E-state index in [9.17, 15) is 0 Å². The van der Waals surface area contributed by atoms with Gasteiger partial charge >= 0.3 is 0 Å². The first-order chi connectivity index (χ1) is 4.85. The fourth-order valence-electron chi connectivity index (χ4n) is 1.27. The Balaban J connectivity index is 0.000000605. The monoisotopic (exact) mass is 194 g/mol. The highest BCUT2D eigenvalue weighted by molar-refractivity contribution is 6.28. The van der Waals surface area contributed by atoms with Gasteiger partial charge in [-0.05, 0) is 12.8 Å². The van der Waals surface area contributed by atoms with Crippen LogP contribution in [0.1, 0.15) is 12.8 Å². The van der Waals surface area contributed by atoms with Crippen molar-refractivity contribution in [3.63, 3.8) is 0 Å². The minimum Gasteiger partial charge on any atom is -0.372 e. The maximum atomic E-state index is 5.60. The van der Waals surface area contributed by atoms with Gasteiger partial charge in [0.1, 0.15) is 5.84 Å². The molecule has 1 aliphatic heterocycles. The highest BCUT2D eigenvalue weighted by Gasteiger charge is 2.43. The van der Waals surface area contributed by atoms with Crippen molar-refractivity contribution in [1.29, 1.82) is 0 Å². The molecule has 1 aliphatic carbocycles. The maximum absolute atomic E-state index is 5.60. The van der Waals surface area contributed by atoms with Crippen LogP contribution in [0, 0.1) is 5.41 Å². The standard InChI is InChI=1S/C7H11ClN2.ClH/c8-3-6-9-4-7(1-2-7)5-10-6;/h1-5H2,(H,9,10);1H. The number of hydrogen-bond acceptors (Lipinski definition) is 2. The molecule has 1 fully saturated rings. The van der Waals surface area contributed by atoms with E-state index in [4.69, 9.17) is 11.6 Å². The number of nitrogens with zero attached hydrogens (tertiary/aromatic N) is 1. The van der Waals surface area contributed by atoms with Crippen molar-refractivity contribution in [1.82, 2.24) is 5.32 Å². The lowest BCUT2D eigenvalue weighted by Gasteiger charge is -2.20. The molecule has 4 heteroatoms. The van der Waals surface area contributed by atoms with Gasteiger partial charge in [-0.15, -0.1) is 24.0 Å². The molecular weight excluding hydrogens is 183 g/mol. The SMILES string of the molecule is Cl.ClCC1=NCC2(CC2)CN1. The Morgan fingerprint density at radius 2 is 2.27 bits per heavy atom. The summed E-state index contributed by atoms with van der Waals surface area (Å²) in [4.78, 5) is 4.34. The molecule has 0 radical (unpaired) electrons. The quantitative estimate of drug-likeness (QED) is 0.629. The second kappa shape index (κ2) is 3.20. The molecule has 0 aromatic carbocycles. The van der Waals surface area contributed by atoms with E-state index in [1.807, 2.05) is 0 Å². The van der Waals surface area contributed by atoms with Gasteiger partial charge in [-0.2, -0.15) is 0 Å². The van der Waals surface area contributed by atoms with E-state index in [0.29, 0.717) is 11.3 Å². The van der Waals surface area contributed by atoms with Crippen molar-refractivity contribution >= 4 is 29.8 Å². The summed E-state index contributed by atoms with van der Waals surface area (Å²) in [5.41, 5.74) is 0.551. The molecule has 1 saturated carbocycles. The molecular formula is C7H12Cl2N2. The molecule has 64 valence electrons. The number of amidine groups is 1. The van der Waals surface area contributed by atoms with E-state index < -0.39 is 0 Å². The average molecular weight is 195 g/mol. The number of nitrogens with one attached hydrogen (secondary N) is 1. The van der Waals surface area contributed by atoms with Crippen molar-refractivity contribution in [2.45, 2.75) is 12.8 Å². The zero-order valence-corrected chi connectivity index (χ0v) is 7.84. The molecule has 0 atom stereocenters. The first-order valence-corrected chi connectivity index (χ1v) is 4.21. The average Bonchev–Trinajstić information content (AvgIpc) is 2.72. The van der Waals surface area contributed by atoms with Gasteiger partial charge in [-0.1, -0.05) is 0 Å². The predicted molar refractivity (Wildman–Crippen MR) is 49.9 cm³/mol. The summed E-state index contributed by atoms with van der Waals surface area (Å²) in [5, 5.41) is 3.24. The molecule has 0 aromatic heterocycles. The van der Waals surface area contributed by atoms with Gasteiger partial charge in [0.2, 0.25) is 0 Å². The largest absolute Gasteiger partial charge is 0.372 e. The third-order valence-corrected chi connectivity index (χ3v) is 2.61. The third-order valence-electron chi connectivity index (χ3n) is 2.36. The zero-order chi connectivity index (χ0) is 7.03. The van der Waals surface area contributed by atoms with E-state index in [-0.39, 0.29) is 12.4 Å². The summed E-state index contributed by atoms with van der Waals surface area (Å²) in [6.45, 7) is 2.10. The van der Waals surface area contributed by atoms with Gasteiger partial charge in [0.25, 0.3) is 0 Å². The molecule has 1 heterocycles. The lowest BCUT2D eigenvalue weighted by Crippen LogP contribution is -2.37. The minimum atomic E-state index is 0. The normalized spacial score (nSPS) is 25.0. The van der Waals surface area contributed by atoms with Crippen LogP contribution < -0.4 is 5.32 Å². The van der Waals surface area contributed by atoms with E-state index in [0.717, 1.165) is 18.9 Å². The van der Waals surface area contributed by atoms with Crippen molar-refractivity contribution in [2.24, 2.45) is 10.4 Å². The molecule has 0 saturated heterocycles. The van der Waals surface area contributed by atoms with Gasteiger partial charge in [0.15, 0.2) is 0 Å². The molecule has 2 nitrogen and oxygen atoms in total. The molecule has 0 bridgehead atoms. The zero-order valence-electron chi connectivity index (χ0n) is 6.27. The molecule has 1 spiro atoms. The second-order valence-electron chi connectivity index (χ2n) is 3.25. The number of halogens is 2. The van der Waals surface area contributed by atoms with Crippen LogP contribution >= 0.6 is 24.0 Å². The highest BCUT2D eigenvalue weighted by Crippen LogP contribution is 2.46. The van der Waals surface area contributed by atoms with Crippen LogP contribution in [0.4, 0.5) is 0 Å². The summed E-state index contributed by atoms with van der Waals surface area (Å²) in [7, 11) is 0. The summed E-state index contributed by atoms with van der Waals surface area (Å²) in [6.07, 6.45) is 2.69. The molecule has 0 aromatic rings. The molecule has 1 N–H and O–H groups in total. The van der Waals surface area contributed by atoms with Crippen LogP contribution in [0.5, 0.6) is 0 Å². The van der Waals surface area contributed by atoms with Gasteiger partial charge in [-0.25, -0.2) is 0 Å². The lowest BCUT2D eigenvalue weighted by atomic mass is 10.1. The topological polar surface area (TPSA) is 24.4 Å². The molecule has 2 aliphatic rings. The Labute approximate surface area is 77.8 Å². The smallest absolute Gasteiger partial charge is 0.111 e. The molecule has 0 unspecified atom stereocenters. The van der Waals surface area contributed by atoms with Gasteiger partial charge in [0.05, 0.1) is 5.88 Å². The Bertz CT molecular complexity index is 175. The fraction of sp³-hybridized carbons (Fsp3) is 0.857. The first-order valence-electron chi connectivity index (χ1n) is 3.68. The maximum Gasteiger partial charge on any atom is 0.111 e. The van der Waals surface area contributed by atoms with E-state index >= 15 is 0 Å². The number of alkyl halides is 1. The molecule has 0 amide bonds. The van der Waals surface area contributed by atoms with Gasteiger partial charge in [-0.3, -0.25) is 4.99 Å². The summed E-state index contributed by atoms with van der Waals surface area (Å²) >= 11 is 5.60. The number of rotatable bonds is 1. The Hall–Kier alpha value is 0.0500. The van der Waals surface area contributed by atoms with Crippen molar-refractivity contribution < 1.29 is 0 Å². The third kappa shape index (κ3) is 1.79. The van der Waals surface area contributed by atoms with E-state index in [2.05, 4.69) is 10.3 Å². The summed E-state index contributed by atoms with van der Waals surface area (Å²) in [6, 6.07) is 0. The van der Waals surface area contributed by atoms with Crippen LogP contribution in [0.25, 0.3) is 0 Å². The van der Waals surface area contributed by atoms with Gasteiger partial charge < -0.3 is 5.32 Å². The number of hydrogen-bond donors (Lipinski definition) is 1. The van der Waals surface area contributed by atoms with Crippen LogP contribution in [-0.2, 0) is 0 Å². The van der Waals surface area contributed by atoms with Crippen molar-refractivity contribution in [3.05, 3.63) is 0 Å². The van der Waals surface area contributed by atoms with Crippen LogP contribution in [0.2, 0.25) is 0 Å². The first kappa shape index (κ1) is 9.14. The van der Waals surface area contributed by atoms with Crippen LogP contribution in [0.15, 0.2) is 4.99 Å². The second-order valence-corrected chi connectivity index (χ2v) is 3.52. The van der Waals surface area contributed by atoms with Crippen molar-refractivity contribution in [3.8, 4) is 0 Å². The minimum absolute atomic E-state index is 0. The summed E-state index contributed by atoms with van der Waals surface area (Å²) in [5.74, 6) is 1.51. The number of aliphatic imine (C=N–C) groups is 1. The molecule has 2 rings (SSSR count). The van der Waals surface area contributed by atoms with E-state index in [1.165, 1.54) is 12.8 Å². The Kier molecular flexibility index (Phi) is 2.66. The molecule has 11 heavy (non-hydrogen) atoms. The highest BCUT2D eigenvalue weighted by atomic mass is 35.5. The Morgan fingerprint density at radius 1 is 1.55 bits per heavy atom. The van der Waals surface area contributed by atoms with Gasteiger partial charge in [0, 0.05) is 18.5 Å². The van der Waals surface area contributed by atoms with Crippen molar-refractivity contribution in [2.75, 3.05) is 19.0 Å². The van der Waals surface area contributed by atoms with Crippen LogP contribution in [0.3, 0.4) is 0 Å². The van der Waals surface area contributed by atoms with E-state index in [1.54, 1.807) is 0 Å². The predicted octanol–water partition coefficient (Wildman–Crippen LogP) is 1.43. The lowest BCUT2D eigenvalue weighted by molar-refractivity contribution is 0.490. The summed E-state index contributed by atoms with van der Waals surface area (Å²) < 4.78 is 0. The Morgan fingerprint density at radius 3 is 2.64 bits per heavy atom.